The second-order valence-electron chi connectivity index (χ2n) is 3.49. The summed E-state index contributed by atoms with van der Waals surface area (Å²) in [5, 5.41) is 11.8. The predicted octanol–water partition coefficient (Wildman–Crippen LogP) is 2.49. The molecule has 2 aromatic heterocycles. The van der Waals surface area contributed by atoms with Gasteiger partial charge in [0.15, 0.2) is 20.9 Å². The molecule has 2 heterocycles. The van der Waals surface area contributed by atoms with Gasteiger partial charge in [-0.2, -0.15) is 0 Å². The lowest BCUT2D eigenvalue weighted by atomic mass is 10.4. The Morgan fingerprint density at radius 2 is 1.30 bits per heavy atom. The van der Waals surface area contributed by atoms with Crippen LogP contribution in [0.4, 0.5) is 0 Å². The van der Waals surface area contributed by atoms with Crippen molar-refractivity contribution in [2.24, 2.45) is 0 Å². The molecule has 0 unspecified atom stereocenters. The van der Waals surface area contributed by atoms with E-state index in [4.69, 9.17) is 14.2 Å². The molecule has 2 rings (SSSR count). The topological polar surface area (TPSA) is 108 Å². The van der Waals surface area contributed by atoms with Crippen LogP contribution in [-0.4, -0.2) is 17.8 Å². The lowest BCUT2D eigenvalue weighted by Gasteiger charge is -2.05. The molecule has 0 bridgehead atoms. The van der Waals surface area contributed by atoms with Gasteiger partial charge in [0.1, 0.15) is 0 Å². The average Bonchev–Trinajstić information content (AvgIpc) is 2.97. The van der Waals surface area contributed by atoms with Gasteiger partial charge in [0.25, 0.3) is 11.8 Å². The SMILES string of the molecule is N=C(NC(=O)c1ccc(Br)o1)NC(=O)c1ccc(Br)o1. The van der Waals surface area contributed by atoms with Gasteiger partial charge < -0.3 is 8.83 Å². The molecule has 7 nitrogen and oxygen atoms in total. The monoisotopic (exact) mass is 403 g/mol. The van der Waals surface area contributed by atoms with Gasteiger partial charge in [0.05, 0.1) is 0 Å². The summed E-state index contributed by atoms with van der Waals surface area (Å²) in [7, 11) is 0. The molecule has 20 heavy (non-hydrogen) atoms. The van der Waals surface area contributed by atoms with Crippen molar-refractivity contribution in [2.75, 3.05) is 0 Å². The molecule has 2 aromatic rings. The third kappa shape index (κ3) is 3.58. The zero-order valence-corrected chi connectivity index (χ0v) is 12.9. The molecule has 2 amide bonds. The summed E-state index contributed by atoms with van der Waals surface area (Å²) in [6.07, 6.45) is 0. The van der Waals surface area contributed by atoms with Crippen molar-refractivity contribution in [1.29, 1.82) is 5.41 Å². The van der Waals surface area contributed by atoms with Crippen LogP contribution < -0.4 is 10.6 Å². The summed E-state index contributed by atoms with van der Waals surface area (Å²) in [6, 6.07) is 5.94. The van der Waals surface area contributed by atoms with Crippen LogP contribution >= 0.6 is 31.9 Å². The summed E-state index contributed by atoms with van der Waals surface area (Å²) >= 11 is 6.11. The Morgan fingerprint density at radius 3 is 1.60 bits per heavy atom. The van der Waals surface area contributed by atoms with E-state index in [-0.39, 0.29) is 11.5 Å². The summed E-state index contributed by atoms with van der Waals surface area (Å²) in [5.74, 6) is -1.77. The van der Waals surface area contributed by atoms with Crippen LogP contribution in [0, 0.1) is 5.41 Å². The molecular weight excluding hydrogens is 398 g/mol. The first kappa shape index (κ1) is 14.5. The van der Waals surface area contributed by atoms with Crippen molar-refractivity contribution in [3.05, 3.63) is 45.1 Å². The molecule has 104 valence electrons. The number of rotatable bonds is 2. The van der Waals surface area contributed by atoms with Gasteiger partial charge >= 0.3 is 0 Å². The Labute approximate surface area is 129 Å². The van der Waals surface area contributed by atoms with Crippen molar-refractivity contribution >= 4 is 49.6 Å². The van der Waals surface area contributed by atoms with E-state index in [1.54, 1.807) is 0 Å². The lowest BCUT2D eigenvalue weighted by molar-refractivity contribution is 0.0936. The van der Waals surface area contributed by atoms with Crippen LogP contribution in [0.3, 0.4) is 0 Å². The number of carbonyl (C=O) groups is 2. The maximum atomic E-state index is 11.6. The number of nitrogens with one attached hydrogen (secondary N) is 3. The van der Waals surface area contributed by atoms with Gasteiger partial charge in [-0.15, -0.1) is 0 Å². The first-order chi connectivity index (χ1) is 9.45. The van der Waals surface area contributed by atoms with Crippen molar-refractivity contribution in [3.8, 4) is 0 Å². The van der Waals surface area contributed by atoms with Crippen molar-refractivity contribution in [3.63, 3.8) is 0 Å². The fraction of sp³-hybridized carbons (Fsp3) is 0. The number of furan rings is 2. The minimum atomic E-state index is -0.651. The van der Waals surface area contributed by atoms with Gasteiger partial charge in [0, 0.05) is 0 Å². The van der Waals surface area contributed by atoms with Gasteiger partial charge in [-0.25, -0.2) is 0 Å². The summed E-state index contributed by atoms with van der Waals surface area (Å²) in [6.45, 7) is 0. The maximum absolute atomic E-state index is 11.6. The molecule has 0 aromatic carbocycles. The molecule has 0 aliphatic heterocycles. The Bertz CT molecular complexity index is 621. The molecular formula is C11H7Br2N3O4. The standard InChI is InChI=1S/C11H7Br2N3O4/c12-7-3-1-5(19-7)9(17)15-11(14)16-10(18)6-2-4-8(13)20-6/h1-4H,(H3,14,15,16,17,18). The normalized spacial score (nSPS) is 10.1. The van der Waals surface area contributed by atoms with E-state index in [0.717, 1.165) is 0 Å². The average molecular weight is 405 g/mol. The number of guanidine groups is 1. The van der Waals surface area contributed by atoms with Gasteiger partial charge in [-0.05, 0) is 56.1 Å². The summed E-state index contributed by atoms with van der Waals surface area (Å²) < 4.78 is 10.8. The molecule has 0 spiro atoms. The van der Waals surface area contributed by atoms with Crippen LogP contribution in [-0.2, 0) is 0 Å². The highest BCUT2D eigenvalue weighted by atomic mass is 79.9. The van der Waals surface area contributed by atoms with Crippen molar-refractivity contribution in [1.82, 2.24) is 10.6 Å². The molecule has 0 atom stereocenters. The van der Waals surface area contributed by atoms with E-state index in [1.807, 2.05) is 0 Å². The zero-order chi connectivity index (χ0) is 14.7. The van der Waals surface area contributed by atoms with E-state index in [9.17, 15) is 9.59 Å². The van der Waals surface area contributed by atoms with Crippen LogP contribution in [0.25, 0.3) is 0 Å². The van der Waals surface area contributed by atoms with E-state index in [2.05, 4.69) is 42.5 Å². The molecule has 0 aliphatic rings. The molecule has 3 N–H and O–H groups in total. The van der Waals surface area contributed by atoms with Gasteiger partial charge in [-0.1, -0.05) is 0 Å². The fourth-order valence-corrected chi connectivity index (χ4v) is 1.87. The number of hydrogen-bond donors (Lipinski definition) is 3. The number of carbonyl (C=O) groups excluding carboxylic acids is 2. The van der Waals surface area contributed by atoms with Crippen LogP contribution in [0.15, 0.2) is 42.4 Å². The highest BCUT2D eigenvalue weighted by molar-refractivity contribution is 9.10. The van der Waals surface area contributed by atoms with E-state index < -0.39 is 17.8 Å². The van der Waals surface area contributed by atoms with Crippen LogP contribution in [0.5, 0.6) is 0 Å². The molecule has 0 radical (unpaired) electrons. The summed E-state index contributed by atoms with van der Waals surface area (Å²) in [4.78, 5) is 23.3. The highest BCUT2D eigenvalue weighted by Gasteiger charge is 2.16. The highest BCUT2D eigenvalue weighted by Crippen LogP contribution is 2.14. The second kappa shape index (κ2) is 6.06. The fourth-order valence-electron chi connectivity index (χ4n) is 1.25. The van der Waals surface area contributed by atoms with Crippen LogP contribution in [0.1, 0.15) is 21.1 Å². The maximum Gasteiger partial charge on any atom is 0.293 e. The smallest absolute Gasteiger partial charge is 0.293 e. The third-order valence-electron chi connectivity index (χ3n) is 2.07. The Hall–Kier alpha value is -1.87. The van der Waals surface area contributed by atoms with E-state index in [0.29, 0.717) is 9.34 Å². The minimum Gasteiger partial charge on any atom is -0.444 e. The minimum absolute atomic E-state index is 0.0108. The van der Waals surface area contributed by atoms with E-state index >= 15 is 0 Å². The lowest BCUT2D eigenvalue weighted by Crippen LogP contribution is -2.42. The van der Waals surface area contributed by atoms with Crippen molar-refractivity contribution in [2.45, 2.75) is 0 Å². The third-order valence-corrected chi connectivity index (χ3v) is 2.92. The number of halogens is 2. The van der Waals surface area contributed by atoms with E-state index in [1.165, 1.54) is 24.3 Å². The first-order valence-corrected chi connectivity index (χ1v) is 6.76. The Morgan fingerprint density at radius 1 is 0.900 bits per heavy atom. The molecule has 0 aliphatic carbocycles. The van der Waals surface area contributed by atoms with Crippen LogP contribution in [0.2, 0.25) is 0 Å². The molecule has 0 saturated heterocycles. The zero-order valence-electron chi connectivity index (χ0n) is 9.70. The first-order valence-electron chi connectivity index (χ1n) is 5.17. The van der Waals surface area contributed by atoms with Crippen molar-refractivity contribution < 1.29 is 18.4 Å². The second-order valence-corrected chi connectivity index (χ2v) is 5.05. The summed E-state index contributed by atoms with van der Waals surface area (Å²) in [5.41, 5.74) is 0. The predicted molar refractivity (Wildman–Crippen MR) is 75.5 cm³/mol. The molecule has 0 fully saturated rings. The Balaban J connectivity index is 1.92. The van der Waals surface area contributed by atoms with Gasteiger partial charge in [0.2, 0.25) is 5.96 Å². The molecule has 0 saturated carbocycles. The van der Waals surface area contributed by atoms with Gasteiger partial charge in [-0.3, -0.25) is 25.6 Å². The molecule has 9 heteroatoms. The number of hydrogen-bond acceptors (Lipinski definition) is 5. The number of amides is 2. The quantitative estimate of drug-likeness (QED) is 0.527. The largest absolute Gasteiger partial charge is 0.444 e. The Kier molecular flexibility index (Phi) is 4.40.